The number of nitrogens with zero attached hydrogens (tertiary/aromatic N) is 5. The first-order chi connectivity index (χ1) is 14.0. The van der Waals surface area contributed by atoms with Crippen LogP contribution in [-0.2, 0) is 13.6 Å². The third-order valence-corrected chi connectivity index (χ3v) is 5.38. The van der Waals surface area contributed by atoms with E-state index >= 15 is 0 Å². The van der Waals surface area contributed by atoms with Gasteiger partial charge in [0, 0.05) is 46.5 Å². The zero-order chi connectivity index (χ0) is 20.7. The maximum atomic E-state index is 9.71. The monoisotopic (exact) mass is 386 g/mol. The van der Waals surface area contributed by atoms with E-state index in [9.17, 15) is 10.4 Å². The molecule has 0 atom stereocenters. The normalized spacial score (nSPS) is 11.1. The maximum Gasteiger partial charge on any atom is 0.142 e. The summed E-state index contributed by atoms with van der Waals surface area (Å²) in [4.78, 5) is 4.57. The molecule has 0 radical (unpaired) electrons. The van der Waals surface area contributed by atoms with Gasteiger partial charge in [0.2, 0.25) is 0 Å². The number of anilines is 1. The number of hydrogen-bond donors (Lipinski definition) is 2. The molecule has 0 aliphatic carbocycles. The van der Waals surface area contributed by atoms with Crippen molar-refractivity contribution in [3.8, 4) is 28.5 Å². The summed E-state index contributed by atoms with van der Waals surface area (Å²) in [6.07, 6.45) is 1.83. The van der Waals surface area contributed by atoms with E-state index in [1.807, 2.05) is 38.4 Å². The molecule has 1 aromatic carbocycles. The summed E-state index contributed by atoms with van der Waals surface area (Å²) in [5, 5.41) is 24.5. The van der Waals surface area contributed by atoms with Crippen molar-refractivity contribution in [1.29, 1.82) is 5.26 Å². The van der Waals surface area contributed by atoms with Crippen molar-refractivity contribution in [2.24, 2.45) is 7.05 Å². The summed E-state index contributed by atoms with van der Waals surface area (Å²) in [7, 11) is 2.03. The van der Waals surface area contributed by atoms with E-state index in [0.717, 1.165) is 39.1 Å². The Bertz CT molecular complexity index is 1270. The number of aromatic nitrogens is 4. The van der Waals surface area contributed by atoms with E-state index < -0.39 is 0 Å². The number of pyridine rings is 1. The molecule has 29 heavy (non-hydrogen) atoms. The molecule has 0 saturated heterocycles. The lowest BCUT2D eigenvalue weighted by atomic mass is 9.98. The van der Waals surface area contributed by atoms with Gasteiger partial charge in [-0.25, -0.2) is 4.98 Å². The molecule has 4 rings (SSSR count). The van der Waals surface area contributed by atoms with E-state index in [4.69, 9.17) is 5.73 Å². The minimum Gasteiger partial charge on any atom is -0.394 e. The van der Waals surface area contributed by atoms with E-state index in [2.05, 4.69) is 39.8 Å². The van der Waals surface area contributed by atoms with Crippen LogP contribution in [0.4, 0.5) is 5.82 Å². The fourth-order valence-corrected chi connectivity index (χ4v) is 3.87. The molecular formula is C22H22N6O. The van der Waals surface area contributed by atoms with E-state index in [1.54, 1.807) is 4.68 Å². The number of hydrogen-bond acceptors (Lipinski definition) is 5. The van der Waals surface area contributed by atoms with Crippen molar-refractivity contribution < 1.29 is 5.11 Å². The number of rotatable bonds is 4. The van der Waals surface area contributed by atoms with Crippen LogP contribution in [0.1, 0.15) is 17.0 Å². The van der Waals surface area contributed by atoms with Gasteiger partial charge in [0.05, 0.1) is 24.5 Å². The van der Waals surface area contributed by atoms with E-state index in [1.165, 1.54) is 0 Å². The Balaban J connectivity index is 2.00. The largest absolute Gasteiger partial charge is 0.394 e. The van der Waals surface area contributed by atoms with Crippen LogP contribution in [0.2, 0.25) is 0 Å². The van der Waals surface area contributed by atoms with Crippen molar-refractivity contribution >= 4 is 16.7 Å². The van der Waals surface area contributed by atoms with E-state index in [-0.39, 0.29) is 12.4 Å². The average molecular weight is 386 g/mol. The maximum absolute atomic E-state index is 9.71. The highest BCUT2D eigenvalue weighted by atomic mass is 16.3. The Kier molecular flexibility index (Phi) is 4.57. The zero-order valence-electron chi connectivity index (χ0n) is 16.6. The van der Waals surface area contributed by atoms with Crippen LogP contribution in [0.5, 0.6) is 0 Å². The van der Waals surface area contributed by atoms with Gasteiger partial charge in [-0.15, -0.1) is 0 Å². The first kappa shape index (κ1) is 18.7. The minimum atomic E-state index is -0.00932. The highest BCUT2D eigenvalue weighted by molar-refractivity contribution is 5.98. The van der Waals surface area contributed by atoms with Gasteiger partial charge < -0.3 is 15.4 Å². The fourth-order valence-electron chi connectivity index (χ4n) is 3.87. The highest BCUT2D eigenvalue weighted by Crippen LogP contribution is 2.37. The number of fused-ring (bicyclic) bond motifs is 1. The zero-order valence-corrected chi connectivity index (χ0v) is 16.6. The van der Waals surface area contributed by atoms with Gasteiger partial charge in [0.15, 0.2) is 0 Å². The molecule has 0 bridgehead atoms. The van der Waals surface area contributed by atoms with Gasteiger partial charge in [-0.3, -0.25) is 4.68 Å². The van der Waals surface area contributed by atoms with Gasteiger partial charge in [-0.2, -0.15) is 10.4 Å². The third-order valence-electron chi connectivity index (χ3n) is 5.38. The molecule has 4 aromatic rings. The number of aliphatic hydroxyl groups is 1. The molecule has 0 fully saturated rings. The predicted molar refractivity (Wildman–Crippen MR) is 113 cm³/mol. The lowest BCUT2D eigenvalue weighted by Gasteiger charge is -2.10. The molecule has 0 aliphatic heterocycles. The summed E-state index contributed by atoms with van der Waals surface area (Å²) < 4.78 is 3.80. The first-order valence-electron chi connectivity index (χ1n) is 9.36. The lowest BCUT2D eigenvalue weighted by molar-refractivity contribution is 0.269. The van der Waals surface area contributed by atoms with Crippen LogP contribution >= 0.6 is 0 Å². The Morgan fingerprint density at radius 3 is 2.69 bits per heavy atom. The van der Waals surface area contributed by atoms with Gasteiger partial charge >= 0.3 is 0 Å². The number of nitrogen functional groups attached to an aromatic ring is 1. The number of aryl methyl sites for hydroxylation is 2. The van der Waals surface area contributed by atoms with Crippen LogP contribution in [0, 0.1) is 25.2 Å². The third kappa shape index (κ3) is 2.94. The smallest absolute Gasteiger partial charge is 0.142 e. The van der Waals surface area contributed by atoms with Crippen molar-refractivity contribution in [2.45, 2.75) is 20.4 Å². The molecule has 0 amide bonds. The van der Waals surface area contributed by atoms with Crippen LogP contribution in [0.3, 0.4) is 0 Å². The summed E-state index contributed by atoms with van der Waals surface area (Å²) in [5.41, 5.74) is 12.7. The quantitative estimate of drug-likeness (QED) is 0.560. The van der Waals surface area contributed by atoms with Gasteiger partial charge in [-0.1, -0.05) is 18.2 Å². The SMILES string of the molecule is Cc1nn(CCO)cc1-c1cc(-c2c(C)n(C)c3ccccc23)nc(N)c1C#N. The summed E-state index contributed by atoms with van der Waals surface area (Å²) in [6, 6.07) is 12.3. The van der Waals surface area contributed by atoms with Crippen molar-refractivity contribution in [3.63, 3.8) is 0 Å². The summed E-state index contributed by atoms with van der Waals surface area (Å²) in [6.45, 7) is 4.31. The van der Waals surface area contributed by atoms with Crippen LogP contribution in [0.15, 0.2) is 36.5 Å². The summed E-state index contributed by atoms with van der Waals surface area (Å²) >= 11 is 0. The first-order valence-corrected chi connectivity index (χ1v) is 9.36. The molecule has 0 saturated carbocycles. The fraction of sp³-hybridized carbons (Fsp3) is 0.227. The molecule has 3 heterocycles. The second-order valence-corrected chi connectivity index (χ2v) is 7.08. The highest BCUT2D eigenvalue weighted by Gasteiger charge is 2.20. The number of nitrogens with two attached hydrogens (primary N) is 1. The minimum absolute atomic E-state index is 0.00932. The lowest BCUT2D eigenvalue weighted by Crippen LogP contribution is -2.02. The van der Waals surface area contributed by atoms with Crippen molar-refractivity contribution in [3.05, 3.63) is 53.5 Å². The van der Waals surface area contributed by atoms with Crippen LogP contribution in [-0.4, -0.2) is 31.0 Å². The second-order valence-electron chi connectivity index (χ2n) is 7.08. The number of aliphatic hydroxyl groups excluding tert-OH is 1. The molecule has 0 unspecified atom stereocenters. The molecule has 0 spiro atoms. The molecule has 7 heteroatoms. The molecule has 3 N–H and O–H groups in total. The molecule has 7 nitrogen and oxygen atoms in total. The van der Waals surface area contributed by atoms with Gasteiger partial charge in [-0.05, 0) is 26.0 Å². The topological polar surface area (TPSA) is 106 Å². The average Bonchev–Trinajstić information content (AvgIpc) is 3.19. The van der Waals surface area contributed by atoms with Crippen LogP contribution in [0.25, 0.3) is 33.3 Å². The Morgan fingerprint density at radius 2 is 1.97 bits per heavy atom. The number of para-hydroxylation sites is 1. The van der Waals surface area contributed by atoms with Gasteiger partial charge in [0.1, 0.15) is 17.5 Å². The molecule has 3 aromatic heterocycles. The van der Waals surface area contributed by atoms with Crippen LogP contribution < -0.4 is 5.73 Å². The predicted octanol–water partition coefficient (Wildman–Crippen LogP) is 3.17. The Hall–Kier alpha value is -3.63. The molecule has 0 aliphatic rings. The molecule has 146 valence electrons. The number of benzene rings is 1. The standard InChI is InChI=1S/C22H22N6O/c1-13-18(12-28(26-13)8-9-29)16-10-19(25-22(24)17(16)11-23)21-14(2)27(3)20-7-5-4-6-15(20)21/h4-7,10,12,29H,8-9H2,1-3H3,(H2,24,25). The summed E-state index contributed by atoms with van der Waals surface area (Å²) in [5.74, 6) is 0.196. The Labute approximate surface area is 168 Å². The van der Waals surface area contributed by atoms with Crippen molar-refractivity contribution in [2.75, 3.05) is 12.3 Å². The van der Waals surface area contributed by atoms with Crippen molar-refractivity contribution in [1.82, 2.24) is 19.3 Å². The van der Waals surface area contributed by atoms with Gasteiger partial charge in [0.25, 0.3) is 0 Å². The Morgan fingerprint density at radius 1 is 1.21 bits per heavy atom. The second kappa shape index (κ2) is 7.08. The van der Waals surface area contributed by atoms with E-state index in [0.29, 0.717) is 17.7 Å². The molecular weight excluding hydrogens is 364 g/mol. The number of nitriles is 1.